The van der Waals surface area contributed by atoms with Gasteiger partial charge in [0.1, 0.15) is 6.54 Å². The summed E-state index contributed by atoms with van der Waals surface area (Å²) in [5.74, 6) is 1.25. The van der Waals surface area contributed by atoms with E-state index in [0.717, 1.165) is 6.54 Å². The molecule has 0 fully saturated rings. The van der Waals surface area contributed by atoms with Crippen LogP contribution in [0.4, 0.5) is 0 Å². The van der Waals surface area contributed by atoms with Crippen molar-refractivity contribution in [3.63, 3.8) is 0 Å². The fourth-order valence-electron chi connectivity index (χ4n) is 3.45. The summed E-state index contributed by atoms with van der Waals surface area (Å²) < 4.78 is 6.87. The van der Waals surface area contributed by atoms with Crippen molar-refractivity contribution in [2.24, 2.45) is 7.05 Å². The van der Waals surface area contributed by atoms with Crippen molar-refractivity contribution in [3.05, 3.63) is 54.6 Å². The lowest BCUT2D eigenvalue weighted by molar-refractivity contribution is -0.633. The first-order valence-corrected chi connectivity index (χ1v) is 6.76. The van der Waals surface area contributed by atoms with Crippen LogP contribution in [0.3, 0.4) is 0 Å². The van der Waals surface area contributed by atoms with E-state index in [-0.39, 0.29) is 0 Å². The Kier molecular flexibility index (Phi) is 1.67. The Hall–Kier alpha value is -2.62. The quantitative estimate of drug-likeness (QED) is 0.392. The molecule has 96 valence electrons. The van der Waals surface area contributed by atoms with Gasteiger partial charge >= 0.3 is 0 Å². The summed E-state index contributed by atoms with van der Waals surface area (Å²) in [6.45, 7) is 0.932. The molecule has 4 aromatic rings. The van der Waals surface area contributed by atoms with Crippen molar-refractivity contribution in [1.29, 1.82) is 0 Å². The fraction of sp³-hybridized carbons (Fsp3) is 0.125. The summed E-state index contributed by atoms with van der Waals surface area (Å²) in [7, 11) is 2.14. The molecule has 0 saturated carbocycles. The van der Waals surface area contributed by atoms with Crippen molar-refractivity contribution < 1.29 is 4.57 Å². The predicted molar refractivity (Wildman–Crippen MR) is 76.4 cm³/mol. The van der Waals surface area contributed by atoms with Gasteiger partial charge in [0, 0.05) is 24.2 Å². The summed E-state index contributed by atoms with van der Waals surface area (Å²) >= 11 is 0. The molecule has 1 aliphatic heterocycles. The van der Waals surface area contributed by atoms with Gasteiger partial charge in [0.05, 0.1) is 24.3 Å². The predicted octanol–water partition coefficient (Wildman–Crippen LogP) is 2.14. The lowest BCUT2D eigenvalue weighted by atomic mass is 10.2. The molecule has 0 atom stereocenters. The molecule has 0 spiro atoms. The largest absolute Gasteiger partial charge is 0.316 e. The maximum absolute atomic E-state index is 4.28. The van der Waals surface area contributed by atoms with Crippen LogP contribution >= 0.6 is 0 Å². The highest BCUT2D eigenvalue weighted by molar-refractivity contribution is 5.92. The minimum atomic E-state index is 0.932. The molecule has 4 aromatic heterocycles. The van der Waals surface area contributed by atoms with Gasteiger partial charge in [-0.3, -0.25) is 4.98 Å². The Balaban J connectivity index is 1.98. The zero-order valence-electron chi connectivity index (χ0n) is 11.1. The molecule has 1 aliphatic rings. The molecule has 4 nitrogen and oxygen atoms in total. The van der Waals surface area contributed by atoms with Gasteiger partial charge in [-0.15, -0.1) is 0 Å². The summed E-state index contributed by atoms with van der Waals surface area (Å²) in [6, 6.07) is 8.44. The number of hydrogen-bond donors (Lipinski definition) is 0. The van der Waals surface area contributed by atoms with Crippen LogP contribution in [0.1, 0.15) is 5.56 Å². The SMILES string of the molecule is C[n+]1c2n(c3cn4ccccc4c31)Cc1ccncc1-2. The fourth-order valence-corrected chi connectivity index (χ4v) is 3.45. The highest BCUT2D eigenvalue weighted by atomic mass is 15.2. The van der Waals surface area contributed by atoms with E-state index in [2.05, 4.69) is 62.2 Å². The number of hydrogen-bond acceptors (Lipinski definition) is 1. The standard InChI is InChI=1S/C16H13N4/c1-18-15-13-4-2-3-7-19(13)10-14(15)20-9-11-5-6-17-8-12(11)16(18)20/h2-8,10H,9H2,1H3/q+1. The third kappa shape index (κ3) is 1.04. The molecular weight excluding hydrogens is 248 g/mol. The van der Waals surface area contributed by atoms with Gasteiger partial charge in [-0.25, -0.2) is 9.13 Å². The number of aromatic nitrogens is 4. The molecular formula is C16H13N4+. The maximum atomic E-state index is 4.28. The average Bonchev–Trinajstić information content (AvgIpc) is 3.10. The molecule has 0 aromatic carbocycles. The van der Waals surface area contributed by atoms with Crippen LogP contribution in [0.5, 0.6) is 0 Å². The summed E-state index contributed by atoms with van der Waals surface area (Å²) in [5.41, 5.74) is 6.42. The molecule has 0 aliphatic carbocycles. The van der Waals surface area contributed by atoms with E-state index in [0.29, 0.717) is 0 Å². The van der Waals surface area contributed by atoms with Crippen molar-refractivity contribution in [2.45, 2.75) is 6.54 Å². The first kappa shape index (κ1) is 10.2. The molecule has 0 radical (unpaired) electrons. The molecule has 5 heterocycles. The molecule has 0 unspecified atom stereocenters. The van der Waals surface area contributed by atoms with Crippen LogP contribution in [0, 0.1) is 0 Å². The third-order valence-electron chi connectivity index (χ3n) is 4.32. The second-order valence-corrected chi connectivity index (χ2v) is 5.36. The lowest BCUT2D eigenvalue weighted by Crippen LogP contribution is -2.29. The van der Waals surface area contributed by atoms with Crippen LogP contribution in [-0.2, 0) is 13.6 Å². The number of imidazole rings is 1. The molecule has 0 saturated heterocycles. The summed E-state index contributed by atoms with van der Waals surface area (Å²) in [6.07, 6.45) is 8.17. The highest BCUT2D eigenvalue weighted by Gasteiger charge is 2.34. The van der Waals surface area contributed by atoms with E-state index in [4.69, 9.17) is 0 Å². The van der Waals surface area contributed by atoms with E-state index in [1.807, 2.05) is 12.4 Å². The van der Waals surface area contributed by atoms with E-state index >= 15 is 0 Å². The Morgan fingerprint density at radius 2 is 2.15 bits per heavy atom. The van der Waals surface area contributed by atoms with Crippen molar-refractivity contribution in [2.75, 3.05) is 0 Å². The van der Waals surface area contributed by atoms with Gasteiger partial charge in [0.25, 0.3) is 5.82 Å². The molecule has 4 heteroatoms. The Morgan fingerprint density at radius 1 is 1.20 bits per heavy atom. The highest BCUT2D eigenvalue weighted by Crippen LogP contribution is 2.34. The van der Waals surface area contributed by atoms with Gasteiger partial charge < -0.3 is 4.40 Å². The van der Waals surface area contributed by atoms with Crippen LogP contribution in [0.2, 0.25) is 0 Å². The van der Waals surface area contributed by atoms with E-state index in [9.17, 15) is 0 Å². The summed E-state index contributed by atoms with van der Waals surface area (Å²) in [5, 5.41) is 0. The van der Waals surface area contributed by atoms with Crippen LogP contribution in [0.15, 0.2) is 49.1 Å². The Labute approximate surface area is 115 Å². The first-order chi connectivity index (χ1) is 9.84. The van der Waals surface area contributed by atoms with E-state index in [1.54, 1.807) is 0 Å². The van der Waals surface area contributed by atoms with Crippen molar-refractivity contribution in [1.82, 2.24) is 14.0 Å². The monoisotopic (exact) mass is 261 g/mol. The van der Waals surface area contributed by atoms with Crippen molar-refractivity contribution >= 4 is 16.6 Å². The maximum Gasteiger partial charge on any atom is 0.292 e. The van der Waals surface area contributed by atoms with Gasteiger partial charge in [-0.05, 0) is 18.2 Å². The lowest BCUT2D eigenvalue weighted by Gasteiger charge is -1.96. The van der Waals surface area contributed by atoms with Gasteiger partial charge in [0.15, 0.2) is 11.0 Å². The minimum absolute atomic E-state index is 0.932. The number of aryl methyl sites for hydroxylation is 1. The molecule has 0 N–H and O–H groups in total. The van der Waals surface area contributed by atoms with E-state index in [1.165, 1.54) is 33.5 Å². The third-order valence-corrected chi connectivity index (χ3v) is 4.32. The minimum Gasteiger partial charge on any atom is -0.316 e. The smallest absolute Gasteiger partial charge is 0.292 e. The van der Waals surface area contributed by atoms with Gasteiger partial charge in [-0.2, -0.15) is 0 Å². The molecule has 0 bridgehead atoms. The second-order valence-electron chi connectivity index (χ2n) is 5.36. The summed E-state index contributed by atoms with van der Waals surface area (Å²) in [4.78, 5) is 4.28. The van der Waals surface area contributed by atoms with E-state index < -0.39 is 0 Å². The molecule has 20 heavy (non-hydrogen) atoms. The van der Waals surface area contributed by atoms with Crippen LogP contribution in [-0.4, -0.2) is 14.0 Å². The second kappa shape index (κ2) is 3.28. The number of rotatable bonds is 0. The average molecular weight is 261 g/mol. The van der Waals surface area contributed by atoms with Crippen LogP contribution < -0.4 is 4.57 Å². The first-order valence-electron chi connectivity index (χ1n) is 6.76. The normalized spacial score (nSPS) is 13.1. The zero-order chi connectivity index (χ0) is 13.3. The topological polar surface area (TPSA) is 26.1 Å². The molecule has 0 amide bonds. The Morgan fingerprint density at radius 3 is 3.10 bits per heavy atom. The van der Waals surface area contributed by atoms with Crippen LogP contribution in [0.25, 0.3) is 27.9 Å². The number of nitrogens with zero attached hydrogens (tertiary/aromatic N) is 4. The Bertz CT molecular complexity index is 990. The van der Waals surface area contributed by atoms with Crippen molar-refractivity contribution in [3.8, 4) is 11.4 Å². The van der Waals surface area contributed by atoms with Gasteiger partial charge in [0.2, 0.25) is 0 Å². The van der Waals surface area contributed by atoms with Gasteiger partial charge in [-0.1, -0.05) is 6.07 Å². The zero-order valence-corrected chi connectivity index (χ0v) is 11.1. The molecule has 5 rings (SSSR count). The number of pyridine rings is 2. The number of fused-ring (bicyclic) bond motifs is 7.